The highest BCUT2D eigenvalue weighted by Gasteiger charge is 2.14. The lowest BCUT2D eigenvalue weighted by molar-refractivity contribution is 0.764. The average molecular weight is 434 g/mol. The summed E-state index contributed by atoms with van der Waals surface area (Å²) in [6.45, 7) is 1.91. The summed E-state index contributed by atoms with van der Waals surface area (Å²) < 4.78 is 1.91. The van der Waals surface area contributed by atoms with Gasteiger partial charge >= 0.3 is 0 Å². The van der Waals surface area contributed by atoms with Gasteiger partial charge in [-0.3, -0.25) is 0 Å². The lowest BCUT2D eigenvalue weighted by Gasteiger charge is -2.07. The minimum Gasteiger partial charge on any atom is -0.309 e. The molecule has 9 heteroatoms. The second-order valence-corrected chi connectivity index (χ2v) is 8.46. The number of rotatable bonds is 4. The molecular formula is C18H13Cl2N5S2. The monoisotopic (exact) mass is 433 g/mol. The summed E-state index contributed by atoms with van der Waals surface area (Å²) >= 11 is 15.4. The number of nitrogens with zero attached hydrogens (tertiary/aromatic N) is 5. The fourth-order valence-electron chi connectivity index (χ4n) is 2.34. The van der Waals surface area contributed by atoms with Crippen LogP contribution in [0.1, 0.15) is 16.4 Å². The number of hydrogen-bond donors (Lipinski definition) is 0. The van der Waals surface area contributed by atoms with Gasteiger partial charge in [-0.1, -0.05) is 29.3 Å². The molecular weight excluding hydrogens is 421 g/mol. The first kappa shape index (κ1) is 18.4. The minimum absolute atomic E-state index is 0.450. The summed E-state index contributed by atoms with van der Waals surface area (Å²) in [5, 5.41) is 12.7. The highest BCUT2D eigenvalue weighted by Crippen LogP contribution is 2.32. The summed E-state index contributed by atoms with van der Waals surface area (Å²) in [7, 11) is 1.92. The quantitative estimate of drug-likeness (QED) is 0.409. The first-order valence-corrected chi connectivity index (χ1v) is 10.4. The van der Waals surface area contributed by atoms with Gasteiger partial charge in [0.25, 0.3) is 0 Å². The third-order valence-corrected chi connectivity index (χ3v) is 6.48. The van der Waals surface area contributed by atoms with E-state index < -0.39 is 0 Å². The van der Waals surface area contributed by atoms with Gasteiger partial charge in [0.05, 0.1) is 26.8 Å². The molecule has 0 radical (unpaired) electrons. The van der Waals surface area contributed by atoms with E-state index in [0.29, 0.717) is 21.1 Å². The minimum atomic E-state index is 0.450. The molecule has 0 amide bonds. The van der Waals surface area contributed by atoms with Crippen molar-refractivity contribution in [2.75, 3.05) is 0 Å². The average Bonchev–Trinajstić information content (AvgIpc) is 3.27. The van der Waals surface area contributed by atoms with E-state index in [1.807, 2.05) is 48.2 Å². The first-order chi connectivity index (χ1) is 13.0. The van der Waals surface area contributed by atoms with Crippen LogP contribution in [0.5, 0.6) is 0 Å². The van der Waals surface area contributed by atoms with Crippen LogP contribution in [0.3, 0.4) is 0 Å². The van der Waals surface area contributed by atoms with Gasteiger partial charge in [-0.25, -0.2) is 9.97 Å². The third kappa shape index (κ3) is 3.87. The maximum atomic E-state index is 6.15. The zero-order valence-electron chi connectivity index (χ0n) is 14.3. The number of fused-ring (bicyclic) bond motifs is 1. The Bertz CT molecular complexity index is 1150. The number of halogens is 2. The van der Waals surface area contributed by atoms with Crippen LogP contribution in [0.4, 0.5) is 0 Å². The van der Waals surface area contributed by atoms with Gasteiger partial charge in [0, 0.05) is 11.9 Å². The van der Waals surface area contributed by atoms with Crippen molar-refractivity contribution < 1.29 is 0 Å². The predicted molar refractivity (Wildman–Crippen MR) is 113 cm³/mol. The van der Waals surface area contributed by atoms with E-state index in [-0.39, 0.29) is 0 Å². The van der Waals surface area contributed by atoms with Crippen LogP contribution in [-0.2, 0) is 7.05 Å². The van der Waals surface area contributed by atoms with Crippen molar-refractivity contribution in [3.63, 3.8) is 0 Å². The molecule has 0 atom stereocenters. The molecule has 0 saturated carbocycles. The van der Waals surface area contributed by atoms with E-state index >= 15 is 0 Å². The van der Waals surface area contributed by atoms with Gasteiger partial charge < -0.3 is 4.57 Å². The van der Waals surface area contributed by atoms with E-state index in [1.165, 1.54) is 11.8 Å². The van der Waals surface area contributed by atoms with Gasteiger partial charge in [0.1, 0.15) is 10.9 Å². The Morgan fingerprint density at radius 2 is 1.81 bits per heavy atom. The Kier molecular flexibility index (Phi) is 5.19. The largest absolute Gasteiger partial charge is 0.309 e. The van der Waals surface area contributed by atoms with Crippen LogP contribution in [-0.4, -0.2) is 24.7 Å². The SMILES string of the molecule is Cc1nnc(Sc2nc3cc(Cl)c(Cl)cc3nc2/C=C/c2cccs2)n1C. The third-order valence-electron chi connectivity index (χ3n) is 3.89. The molecule has 0 fully saturated rings. The molecule has 0 aliphatic rings. The van der Waals surface area contributed by atoms with Crippen LogP contribution in [0.15, 0.2) is 39.8 Å². The predicted octanol–water partition coefficient (Wildman–Crippen LogP) is 5.76. The van der Waals surface area contributed by atoms with Crippen molar-refractivity contribution in [2.24, 2.45) is 7.05 Å². The number of hydrogen-bond acceptors (Lipinski definition) is 6. The Morgan fingerprint density at radius 3 is 2.44 bits per heavy atom. The molecule has 0 aliphatic carbocycles. The lowest BCUT2D eigenvalue weighted by atomic mass is 10.2. The van der Waals surface area contributed by atoms with Crippen molar-refractivity contribution in [2.45, 2.75) is 17.1 Å². The van der Waals surface area contributed by atoms with Crippen molar-refractivity contribution in [1.82, 2.24) is 24.7 Å². The second-order valence-electron chi connectivity index (χ2n) is 5.71. The van der Waals surface area contributed by atoms with Crippen LogP contribution >= 0.6 is 46.3 Å². The van der Waals surface area contributed by atoms with Gasteiger partial charge in [0.15, 0.2) is 5.16 Å². The Hall–Kier alpha value is -1.93. The molecule has 5 nitrogen and oxygen atoms in total. The number of thiophene rings is 1. The van der Waals surface area contributed by atoms with E-state index in [4.69, 9.17) is 33.2 Å². The van der Waals surface area contributed by atoms with Crippen LogP contribution < -0.4 is 0 Å². The highest BCUT2D eigenvalue weighted by molar-refractivity contribution is 7.99. The summed E-state index contributed by atoms with van der Waals surface area (Å²) in [5.74, 6) is 0.830. The smallest absolute Gasteiger partial charge is 0.197 e. The molecule has 0 saturated heterocycles. The molecule has 4 rings (SSSR count). The topological polar surface area (TPSA) is 56.5 Å². The molecule has 0 unspecified atom stereocenters. The molecule has 3 aromatic heterocycles. The van der Waals surface area contributed by atoms with Crippen LogP contribution in [0, 0.1) is 6.92 Å². The lowest BCUT2D eigenvalue weighted by Crippen LogP contribution is -1.97. The molecule has 3 heterocycles. The van der Waals surface area contributed by atoms with Crippen molar-refractivity contribution in [3.8, 4) is 0 Å². The zero-order valence-corrected chi connectivity index (χ0v) is 17.5. The maximum Gasteiger partial charge on any atom is 0.197 e. The maximum absolute atomic E-state index is 6.15. The fourth-order valence-corrected chi connectivity index (χ4v) is 4.16. The second kappa shape index (κ2) is 7.59. The molecule has 0 aliphatic heterocycles. The molecule has 1 aromatic carbocycles. The molecule has 0 N–H and O–H groups in total. The summed E-state index contributed by atoms with van der Waals surface area (Å²) in [4.78, 5) is 10.6. The van der Waals surface area contributed by atoms with Gasteiger partial charge in [-0.2, -0.15) is 0 Å². The number of benzene rings is 1. The Balaban J connectivity index is 1.83. The highest BCUT2D eigenvalue weighted by atomic mass is 35.5. The van der Waals surface area contributed by atoms with E-state index in [2.05, 4.69) is 10.2 Å². The summed E-state index contributed by atoms with van der Waals surface area (Å²) in [6.07, 6.45) is 3.97. The molecule has 0 spiro atoms. The van der Waals surface area contributed by atoms with Crippen molar-refractivity contribution in [3.05, 3.63) is 56.1 Å². The normalized spacial score (nSPS) is 11.7. The van der Waals surface area contributed by atoms with Gasteiger partial charge in [-0.05, 0) is 54.4 Å². The van der Waals surface area contributed by atoms with Gasteiger partial charge in [-0.15, -0.1) is 21.5 Å². The van der Waals surface area contributed by atoms with Crippen molar-refractivity contribution >= 4 is 69.5 Å². The molecule has 4 aromatic rings. The molecule has 0 bridgehead atoms. The molecule has 27 heavy (non-hydrogen) atoms. The molecule has 136 valence electrons. The van der Waals surface area contributed by atoms with Crippen molar-refractivity contribution in [1.29, 1.82) is 0 Å². The number of aryl methyl sites for hydroxylation is 1. The first-order valence-electron chi connectivity index (χ1n) is 7.93. The van der Waals surface area contributed by atoms with Crippen LogP contribution in [0.2, 0.25) is 10.0 Å². The summed E-state index contributed by atoms with van der Waals surface area (Å²) in [6, 6.07) is 7.52. The van der Waals surface area contributed by atoms with Crippen LogP contribution in [0.25, 0.3) is 23.2 Å². The van der Waals surface area contributed by atoms with Gasteiger partial charge in [0.2, 0.25) is 0 Å². The van der Waals surface area contributed by atoms with E-state index in [9.17, 15) is 0 Å². The Morgan fingerprint density at radius 1 is 1.07 bits per heavy atom. The van der Waals surface area contributed by atoms with E-state index in [1.54, 1.807) is 23.5 Å². The zero-order chi connectivity index (χ0) is 19.0. The summed E-state index contributed by atoms with van der Waals surface area (Å²) in [5.41, 5.74) is 2.10. The Labute approximate surface area is 174 Å². The standard InChI is InChI=1S/C18H13Cl2N5S2/c1-10-23-24-18(25(10)2)27-17-14(6-5-11-4-3-7-26-11)21-15-8-12(19)13(20)9-16(15)22-17/h3-9H,1-2H3/b6-5+. The fraction of sp³-hybridized carbons (Fsp3) is 0.111. The number of aromatic nitrogens is 5. The van der Waals surface area contributed by atoms with E-state index in [0.717, 1.165) is 26.6 Å².